The summed E-state index contributed by atoms with van der Waals surface area (Å²) in [6.07, 6.45) is 1.64. The second-order valence-corrected chi connectivity index (χ2v) is 3.12. The van der Waals surface area contributed by atoms with Crippen LogP contribution < -0.4 is 0 Å². The summed E-state index contributed by atoms with van der Waals surface area (Å²) < 4.78 is 12.8. The molecule has 1 aromatic rings. The van der Waals surface area contributed by atoms with Crippen LogP contribution in [-0.2, 0) is 11.2 Å². The zero-order chi connectivity index (χ0) is 9.84. The number of aldehydes is 1. The largest absolute Gasteiger partial charge is 0.303 e. The molecule has 0 aliphatic carbocycles. The first kappa shape index (κ1) is 9.90. The standard InChI is InChI=1S/C11H13FO/c1-3-9-6-10(12)4-5-11(9)8(2)7-13/h4-8H,3H2,1-2H3. The van der Waals surface area contributed by atoms with Gasteiger partial charge in [-0.3, -0.25) is 0 Å². The van der Waals surface area contributed by atoms with Gasteiger partial charge in [0.15, 0.2) is 0 Å². The van der Waals surface area contributed by atoms with Gasteiger partial charge in [-0.2, -0.15) is 0 Å². The van der Waals surface area contributed by atoms with E-state index in [2.05, 4.69) is 0 Å². The van der Waals surface area contributed by atoms with Crippen LogP contribution in [0.4, 0.5) is 4.39 Å². The maximum atomic E-state index is 12.8. The van der Waals surface area contributed by atoms with E-state index in [1.165, 1.54) is 12.1 Å². The molecule has 1 aromatic carbocycles. The Balaban J connectivity index is 3.12. The third-order valence-corrected chi connectivity index (χ3v) is 2.18. The topological polar surface area (TPSA) is 17.1 Å². The quantitative estimate of drug-likeness (QED) is 0.653. The smallest absolute Gasteiger partial charge is 0.127 e. The molecule has 2 heteroatoms. The van der Waals surface area contributed by atoms with E-state index in [1.807, 2.05) is 13.8 Å². The first-order valence-corrected chi connectivity index (χ1v) is 4.42. The van der Waals surface area contributed by atoms with Gasteiger partial charge >= 0.3 is 0 Å². The molecule has 1 rings (SSSR count). The van der Waals surface area contributed by atoms with Gasteiger partial charge in [-0.05, 0) is 29.7 Å². The molecule has 0 amide bonds. The molecule has 1 nitrogen and oxygen atoms in total. The summed E-state index contributed by atoms with van der Waals surface area (Å²) in [6, 6.07) is 4.58. The molecule has 0 aliphatic rings. The Labute approximate surface area is 77.6 Å². The number of carbonyl (C=O) groups is 1. The Kier molecular flexibility index (Phi) is 3.18. The van der Waals surface area contributed by atoms with E-state index in [1.54, 1.807) is 6.07 Å². The van der Waals surface area contributed by atoms with Gasteiger partial charge in [-0.1, -0.05) is 19.9 Å². The Bertz CT molecular complexity index is 307. The molecule has 0 N–H and O–H groups in total. The normalized spacial score (nSPS) is 12.5. The van der Waals surface area contributed by atoms with Crippen LogP contribution in [0.3, 0.4) is 0 Å². The minimum Gasteiger partial charge on any atom is -0.303 e. The minimum atomic E-state index is -0.237. The summed E-state index contributed by atoms with van der Waals surface area (Å²) in [5.41, 5.74) is 1.85. The highest BCUT2D eigenvalue weighted by Crippen LogP contribution is 2.19. The fourth-order valence-corrected chi connectivity index (χ4v) is 1.40. The van der Waals surface area contributed by atoms with Crippen molar-refractivity contribution in [1.82, 2.24) is 0 Å². The number of carbonyl (C=O) groups excluding carboxylic acids is 1. The molecule has 1 atom stereocenters. The minimum absolute atomic E-state index is 0.143. The van der Waals surface area contributed by atoms with Gasteiger partial charge in [-0.15, -0.1) is 0 Å². The average molecular weight is 180 g/mol. The third kappa shape index (κ3) is 2.14. The maximum Gasteiger partial charge on any atom is 0.127 e. The van der Waals surface area contributed by atoms with Crippen molar-refractivity contribution in [3.63, 3.8) is 0 Å². The van der Waals surface area contributed by atoms with E-state index < -0.39 is 0 Å². The number of aryl methyl sites for hydroxylation is 1. The lowest BCUT2D eigenvalue weighted by atomic mass is 9.95. The zero-order valence-electron chi connectivity index (χ0n) is 7.88. The van der Waals surface area contributed by atoms with Gasteiger partial charge in [0.2, 0.25) is 0 Å². The average Bonchev–Trinajstić information content (AvgIpc) is 2.16. The highest BCUT2D eigenvalue weighted by atomic mass is 19.1. The summed E-state index contributed by atoms with van der Waals surface area (Å²) in [4.78, 5) is 10.6. The monoisotopic (exact) mass is 180 g/mol. The van der Waals surface area contributed by atoms with Gasteiger partial charge in [0, 0.05) is 5.92 Å². The lowest BCUT2D eigenvalue weighted by Gasteiger charge is -2.09. The number of hydrogen-bond donors (Lipinski definition) is 0. The van der Waals surface area contributed by atoms with Crippen molar-refractivity contribution in [1.29, 1.82) is 0 Å². The molecule has 0 saturated carbocycles. The van der Waals surface area contributed by atoms with Crippen molar-refractivity contribution in [3.05, 3.63) is 35.1 Å². The molecule has 0 fully saturated rings. The Morgan fingerprint density at radius 2 is 2.23 bits per heavy atom. The van der Waals surface area contributed by atoms with Crippen LogP contribution in [0.1, 0.15) is 30.9 Å². The van der Waals surface area contributed by atoms with E-state index in [-0.39, 0.29) is 11.7 Å². The van der Waals surface area contributed by atoms with Crippen molar-refractivity contribution in [2.45, 2.75) is 26.2 Å². The molecule has 0 heterocycles. The molecular weight excluding hydrogens is 167 g/mol. The lowest BCUT2D eigenvalue weighted by molar-refractivity contribution is -0.108. The predicted molar refractivity (Wildman–Crippen MR) is 50.3 cm³/mol. The van der Waals surface area contributed by atoms with Crippen molar-refractivity contribution >= 4 is 6.29 Å². The maximum absolute atomic E-state index is 12.8. The van der Waals surface area contributed by atoms with Crippen molar-refractivity contribution in [2.75, 3.05) is 0 Å². The lowest BCUT2D eigenvalue weighted by Crippen LogP contribution is -2.00. The fraction of sp³-hybridized carbons (Fsp3) is 0.364. The predicted octanol–water partition coefficient (Wildman–Crippen LogP) is 2.69. The van der Waals surface area contributed by atoms with Crippen LogP contribution in [0, 0.1) is 5.82 Å². The van der Waals surface area contributed by atoms with Crippen LogP contribution in [0.5, 0.6) is 0 Å². The van der Waals surface area contributed by atoms with E-state index in [0.717, 1.165) is 23.8 Å². The molecule has 0 radical (unpaired) electrons. The van der Waals surface area contributed by atoms with Crippen LogP contribution in [0.25, 0.3) is 0 Å². The van der Waals surface area contributed by atoms with E-state index in [4.69, 9.17) is 0 Å². The first-order chi connectivity index (χ1) is 6.19. The van der Waals surface area contributed by atoms with E-state index in [9.17, 15) is 9.18 Å². The number of halogens is 1. The van der Waals surface area contributed by atoms with Crippen LogP contribution in [-0.4, -0.2) is 6.29 Å². The molecular formula is C11H13FO. The van der Waals surface area contributed by atoms with Gasteiger partial charge in [0.05, 0.1) is 0 Å². The summed E-state index contributed by atoms with van der Waals surface area (Å²) in [6.45, 7) is 3.77. The van der Waals surface area contributed by atoms with E-state index in [0.29, 0.717) is 0 Å². The van der Waals surface area contributed by atoms with Crippen molar-refractivity contribution in [3.8, 4) is 0 Å². The van der Waals surface area contributed by atoms with Crippen LogP contribution in [0.15, 0.2) is 18.2 Å². The number of rotatable bonds is 3. The van der Waals surface area contributed by atoms with Gasteiger partial charge in [0.1, 0.15) is 12.1 Å². The second-order valence-electron chi connectivity index (χ2n) is 3.12. The number of benzene rings is 1. The van der Waals surface area contributed by atoms with E-state index >= 15 is 0 Å². The highest BCUT2D eigenvalue weighted by Gasteiger charge is 2.08. The summed E-state index contributed by atoms with van der Waals surface area (Å²) >= 11 is 0. The Hall–Kier alpha value is -1.18. The summed E-state index contributed by atoms with van der Waals surface area (Å²) in [5, 5.41) is 0. The Morgan fingerprint density at radius 3 is 2.77 bits per heavy atom. The molecule has 13 heavy (non-hydrogen) atoms. The van der Waals surface area contributed by atoms with Gasteiger partial charge in [-0.25, -0.2) is 4.39 Å². The van der Waals surface area contributed by atoms with Gasteiger partial charge in [0.25, 0.3) is 0 Å². The van der Waals surface area contributed by atoms with Crippen molar-refractivity contribution < 1.29 is 9.18 Å². The molecule has 0 saturated heterocycles. The molecule has 70 valence electrons. The highest BCUT2D eigenvalue weighted by molar-refractivity contribution is 5.62. The summed E-state index contributed by atoms with van der Waals surface area (Å²) in [5.74, 6) is -0.380. The second kappa shape index (κ2) is 4.17. The zero-order valence-corrected chi connectivity index (χ0v) is 7.88. The first-order valence-electron chi connectivity index (χ1n) is 4.42. The molecule has 0 bridgehead atoms. The Morgan fingerprint density at radius 1 is 1.54 bits per heavy atom. The molecule has 0 aliphatic heterocycles. The van der Waals surface area contributed by atoms with Crippen molar-refractivity contribution in [2.24, 2.45) is 0 Å². The molecule has 1 unspecified atom stereocenters. The molecule has 0 aromatic heterocycles. The summed E-state index contributed by atoms with van der Waals surface area (Å²) in [7, 11) is 0. The van der Waals surface area contributed by atoms with Gasteiger partial charge < -0.3 is 4.79 Å². The van der Waals surface area contributed by atoms with Crippen LogP contribution >= 0.6 is 0 Å². The third-order valence-electron chi connectivity index (χ3n) is 2.18. The fourth-order valence-electron chi connectivity index (χ4n) is 1.40. The van der Waals surface area contributed by atoms with Crippen LogP contribution in [0.2, 0.25) is 0 Å². The SMILES string of the molecule is CCc1cc(F)ccc1C(C)C=O. The molecule has 0 spiro atoms. The number of hydrogen-bond acceptors (Lipinski definition) is 1.